The summed E-state index contributed by atoms with van der Waals surface area (Å²) in [4.78, 5) is 16.6. The molecule has 0 aromatic heterocycles. The Morgan fingerprint density at radius 1 is 1.16 bits per heavy atom. The number of β-amino-alcohol motifs (C(OH)–C–C–N with tert-alkyl or cyclic N) is 1. The van der Waals surface area contributed by atoms with Crippen LogP contribution in [0.1, 0.15) is 27.9 Å². The van der Waals surface area contributed by atoms with Crippen LogP contribution in [0.5, 0.6) is 0 Å². The maximum absolute atomic E-state index is 12.7. The normalized spacial score (nSPS) is 20.6. The van der Waals surface area contributed by atoms with Gasteiger partial charge >= 0.3 is 0 Å². The van der Waals surface area contributed by atoms with Crippen molar-refractivity contribution in [1.82, 2.24) is 9.80 Å². The Balaban J connectivity index is 1.60. The number of hydrogen-bond acceptors (Lipinski definition) is 3. The quantitative estimate of drug-likeness (QED) is 0.912. The second-order valence-electron chi connectivity index (χ2n) is 7.15. The number of carbonyl (C=O) groups is 1. The second-order valence-corrected chi connectivity index (χ2v) is 7.15. The van der Waals surface area contributed by atoms with E-state index in [1.807, 2.05) is 49.4 Å². The molecule has 1 fully saturated rings. The zero-order chi connectivity index (χ0) is 17.9. The first-order valence-electron chi connectivity index (χ1n) is 8.77. The molecule has 1 saturated heterocycles. The van der Waals surface area contributed by atoms with Crippen molar-refractivity contribution >= 4 is 5.91 Å². The van der Waals surface area contributed by atoms with Crippen molar-refractivity contribution in [2.45, 2.75) is 25.5 Å². The minimum Gasteiger partial charge on any atom is -0.387 e. The van der Waals surface area contributed by atoms with Crippen molar-refractivity contribution in [3.05, 3.63) is 71.3 Å². The zero-order valence-corrected chi connectivity index (χ0v) is 15.0. The topological polar surface area (TPSA) is 43.8 Å². The Bertz CT molecular complexity index is 732. The lowest BCUT2D eigenvalue weighted by atomic mass is 10.0. The summed E-state index contributed by atoms with van der Waals surface area (Å²) in [5.41, 5.74) is 2.06. The molecule has 4 nitrogen and oxygen atoms in total. The SMILES string of the molecule is Cc1ccccc1C(=O)N(C)CC1(O)CCN(Cc2ccccc2)C1. The first kappa shape index (κ1) is 17.6. The molecule has 2 aromatic rings. The molecule has 0 bridgehead atoms. The molecule has 0 aliphatic carbocycles. The Labute approximate surface area is 149 Å². The van der Waals surface area contributed by atoms with Crippen LogP contribution in [-0.2, 0) is 6.54 Å². The first-order valence-corrected chi connectivity index (χ1v) is 8.77. The number of likely N-dealkylation sites (tertiary alicyclic amines) is 1. The maximum atomic E-state index is 12.7. The van der Waals surface area contributed by atoms with Gasteiger partial charge in [-0.15, -0.1) is 0 Å². The maximum Gasteiger partial charge on any atom is 0.253 e. The number of nitrogens with zero attached hydrogens (tertiary/aromatic N) is 2. The molecule has 0 radical (unpaired) electrons. The monoisotopic (exact) mass is 338 g/mol. The van der Waals surface area contributed by atoms with Gasteiger partial charge in [-0.25, -0.2) is 0 Å². The average Bonchev–Trinajstić information content (AvgIpc) is 2.96. The standard InChI is InChI=1S/C21H26N2O2/c1-17-8-6-7-11-19(17)20(24)22(2)15-21(25)12-13-23(16-21)14-18-9-4-3-5-10-18/h3-11,25H,12-16H2,1-2H3. The zero-order valence-electron chi connectivity index (χ0n) is 15.0. The molecular weight excluding hydrogens is 312 g/mol. The predicted octanol–water partition coefficient (Wildman–Crippen LogP) is 2.70. The van der Waals surface area contributed by atoms with E-state index in [4.69, 9.17) is 0 Å². The van der Waals surface area contributed by atoms with Gasteiger partial charge in [-0.2, -0.15) is 0 Å². The summed E-state index contributed by atoms with van der Waals surface area (Å²) in [7, 11) is 1.77. The second kappa shape index (κ2) is 7.38. The lowest BCUT2D eigenvalue weighted by molar-refractivity contribution is 0.0170. The minimum absolute atomic E-state index is 0.0342. The predicted molar refractivity (Wildman–Crippen MR) is 99.4 cm³/mol. The number of aryl methyl sites for hydroxylation is 1. The lowest BCUT2D eigenvalue weighted by Gasteiger charge is -2.29. The third-order valence-electron chi connectivity index (χ3n) is 4.91. The molecule has 1 aliphatic heterocycles. The van der Waals surface area contributed by atoms with Crippen LogP contribution in [0.15, 0.2) is 54.6 Å². The molecule has 2 aromatic carbocycles. The van der Waals surface area contributed by atoms with Crippen molar-refractivity contribution in [3.63, 3.8) is 0 Å². The molecule has 0 spiro atoms. The summed E-state index contributed by atoms with van der Waals surface area (Å²) >= 11 is 0. The molecule has 1 aliphatic rings. The fourth-order valence-electron chi connectivity index (χ4n) is 3.58. The number of aliphatic hydroxyl groups is 1. The molecule has 132 valence electrons. The molecular formula is C21H26N2O2. The van der Waals surface area contributed by atoms with Gasteiger partial charge in [0, 0.05) is 32.2 Å². The van der Waals surface area contributed by atoms with Gasteiger partial charge in [0.05, 0.1) is 12.1 Å². The van der Waals surface area contributed by atoms with E-state index in [9.17, 15) is 9.90 Å². The molecule has 1 heterocycles. The van der Waals surface area contributed by atoms with Crippen LogP contribution in [0, 0.1) is 6.92 Å². The van der Waals surface area contributed by atoms with E-state index < -0.39 is 5.60 Å². The summed E-state index contributed by atoms with van der Waals surface area (Å²) < 4.78 is 0. The fourth-order valence-corrected chi connectivity index (χ4v) is 3.58. The highest BCUT2D eigenvalue weighted by atomic mass is 16.3. The number of rotatable bonds is 5. The summed E-state index contributed by atoms with van der Waals surface area (Å²) in [6.45, 7) is 4.56. The van der Waals surface area contributed by atoms with E-state index >= 15 is 0 Å². The van der Waals surface area contributed by atoms with Crippen molar-refractivity contribution < 1.29 is 9.90 Å². The van der Waals surface area contributed by atoms with Crippen LogP contribution in [0.4, 0.5) is 0 Å². The summed E-state index contributed by atoms with van der Waals surface area (Å²) in [5.74, 6) is -0.0342. The number of likely N-dealkylation sites (N-methyl/N-ethyl adjacent to an activating group) is 1. The molecule has 25 heavy (non-hydrogen) atoms. The van der Waals surface area contributed by atoms with Crippen molar-refractivity contribution in [2.75, 3.05) is 26.7 Å². The fraction of sp³-hybridized carbons (Fsp3) is 0.381. The average molecular weight is 338 g/mol. The third-order valence-corrected chi connectivity index (χ3v) is 4.91. The molecule has 3 rings (SSSR count). The Morgan fingerprint density at radius 2 is 1.84 bits per heavy atom. The van der Waals surface area contributed by atoms with Crippen LogP contribution >= 0.6 is 0 Å². The van der Waals surface area contributed by atoms with Crippen LogP contribution in [0.2, 0.25) is 0 Å². The Kier molecular flexibility index (Phi) is 5.21. The molecule has 1 N–H and O–H groups in total. The number of amides is 1. The molecule has 1 unspecified atom stereocenters. The number of carbonyl (C=O) groups excluding carboxylic acids is 1. The van der Waals surface area contributed by atoms with Gasteiger partial charge in [-0.3, -0.25) is 9.69 Å². The van der Waals surface area contributed by atoms with Gasteiger partial charge in [0.2, 0.25) is 0 Å². The van der Waals surface area contributed by atoms with E-state index in [-0.39, 0.29) is 5.91 Å². The third kappa shape index (κ3) is 4.27. The number of benzene rings is 2. The van der Waals surface area contributed by atoms with E-state index in [0.717, 1.165) is 18.7 Å². The summed E-state index contributed by atoms with van der Waals surface area (Å²) in [6.07, 6.45) is 0.686. The van der Waals surface area contributed by atoms with Crippen molar-refractivity contribution in [2.24, 2.45) is 0 Å². The summed E-state index contributed by atoms with van der Waals surface area (Å²) in [5, 5.41) is 10.9. The smallest absolute Gasteiger partial charge is 0.253 e. The lowest BCUT2D eigenvalue weighted by Crippen LogP contribution is -2.45. The molecule has 0 saturated carbocycles. The molecule has 1 amide bonds. The Morgan fingerprint density at radius 3 is 2.56 bits per heavy atom. The van der Waals surface area contributed by atoms with Crippen LogP contribution in [0.3, 0.4) is 0 Å². The first-order chi connectivity index (χ1) is 12.0. The largest absolute Gasteiger partial charge is 0.387 e. The van der Waals surface area contributed by atoms with Gasteiger partial charge in [-0.05, 0) is 30.5 Å². The highest BCUT2D eigenvalue weighted by Gasteiger charge is 2.38. The minimum atomic E-state index is -0.845. The van der Waals surface area contributed by atoms with Gasteiger partial charge in [0.1, 0.15) is 0 Å². The Hall–Kier alpha value is -2.17. The van der Waals surface area contributed by atoms with Gasteiger partial charge in [0.25, 0.3) is 5.91 Å². The highest BCUT2D eigenvalue weighted by Crippen LogP contribution is 2.24. The van der Waals surface area contributed by atoms with Crippen LogP contribution in [-0.4, -0.2) is 53.1 Å². The van der Waals surface area contributed by atoms with E-state index in [1.165, 1.54) is 5.56 Å². The summed E-state index contributed by atoms with van der Waals surface area (Å²) in [6, 6.07) is 17.9. The van der Waals surface area contributed by atoms with Gasteiger partial charge in [0.15, 0.2) is 0 Å². The van der Waals surface area contributed by atoms with E-state index in [1.54, 1.807) is 11.9 Å². The molecule has 4 heteroatoms. The van der Waals surface area contributed by atoms with Gasteiger partial charge < -0.3 is 10.0 Å². The number of hydrogen-bond donors (Lipinski definition) is 1. The van der Waals surface area contributed by atoms with Crippen molar-refractivity contribution in [3.8, 4) is 0 Å². The molecule has 1 atom stereocenters. The van der Waals surface area contributed by atoms with Crippen LogP contribution in [0.25, 0.3) is 0 Å². The van der Waals surface area contributed by atoms with Gasteiger partial charge in [-0.1, -0.05) is 48.5 Å². The van der Waals surface area contributed by atoms with E-state index in [2.05, 4.69) is 17.0 Å². The highest BCUT2D eigenvalue weighted by molar-refractivity contribution is 5.95. The van der Waals surface area contributed by atoms with Crippen molar-refractivity contribution in [1.29, 1.82) is 0 Å². The van der Waals surface area contributed by atoms with Crippen LogP contribution < -0.4 is 0 Å². The van der Waals surface area contributed by atoms with E-state index in [0.29, 0.717) is 25.1 Å².